The maximum atomic E-state index is 5.85. The van der Waals surface area contributed by atoms with E-state index in [0.29, 0.717) is 23.4 Å². The number of anilines is 1. The van der Waals surface area contributed by atoms with Gasteiger partial charge >= 0.3 is 6.01 Å². The molecule has 22 heavy (non-hydrogen) atoms. The van der Waals surface area contributed by atoms with Gasteiger partial charge in [-0.25, -0.2) is 0 Å². The number of nitrogens with zero attached hydrogens (tertiary/aromatic N) is 2. The van der Waals surface area contributed by atoms with Gasteiger partial charge in [0.1, 0.15) is 5.75 Å². The van der Waals surface area contributed by atoms with Gasteiger partial charge < -0.3 is 14.6 Å². The molecule has 0 aliphatic rings. The van der Waals surface area contributed by atoms with Crippen molar-refractivity contribution in [2.24, 2.45) is 0 Å². The average molecular weight is 316 g/mol. The Morgan fingerprint density at radius 1 is 1.09 bits per heavy atom. The molecular weight excluding hydrogens is 302 g/mol. The second-order valence-electron chi connectivity index (χ2n) is 4.63. The number of hydrogen-bond donors (Lipinski definition) is 1. The Bertz CT molecular complexity index is 739. The molecule has 1 heterocycles. The van der Waals surface area contributed by atoms with E-state index in [1.807, 2.05) is 48.5 Å². The number of nitrogens with one attached hydrogen (secondary N) is 1. The van der Waals surface area contributed by atoms with Gasteiger partial charge in [0.15, 0.2) is 0 Å². The Morgan fingerprint density at radius 3 is 2.50 bits per heavy atom. The van der Waals surface area contributed by atoms with Gasteiger partial charge in [0.05, 0.1) is 7.11 Å². The van der Waals surface area contributed by atoms with E-state index >= 15 is 0 Å². The predicted octanol–water partition coefficient (Wildman–Crippen LogP) is 4.01. The van der Waals surface area contributed by atoms with E-state index in [2.05, 4.69) is 15.5 Å². The number of hydrogen-bond acceptors (Lipinski definition) is 5. The van der Waals surface area contributed by atoms with Crippen LogP contribution in [0, 0.1) is 0 Å². The van der Waals surface area contributed by atoms with Crippen molar-refractivity contribution in [3.63, 3.8) is 0 Å². The quantitative estimate of drug-likeness (QED) is 0.770. The van der Waals surface area contributed by atoms with Crippen LogP contribution in [0.1, 0.15) is 5.56 Å². The SMILES string of the molecule is COc1ccc(-c2noc(NCc3ccc(Cl)cc3)n2)cc1. The van der Waals surface area contributed by atoms with Crippen molar-refractivity contribution in [1.29, 1.82) is 0 Å². The van der Waals surface area contributed by atoms with Gasteiger partial charge in [0.2, 0.25) is 5.82 Å². The minimum atomic E-state index is 0.376. The molecule has 2 aromatic carbocycles. The highest BCUT2D eigenvalue weighted by molar-refractivity contribution is 6.30. The highest BCUT2D eigenvalue weighted by atomic mass is 35.5. The third-order valence-electron chi connectivity index (χ3n) is 3.13. The minimum Gasteiger partial charge on any atom is -0.497 e. The van der Waals surface area contributed by atoms with E-state index in [-0.39, 0.29) is 0 Å². The smallest absolute Gasteiger partial charge is 0.322 e. The van der Waals surface area contributed by atoms with E-state index in [9.17, 15) is 0 Å². The zero-order valence-corrected chi connectivity index (χ0v) is 12.7. The number of ether oxygens (including phenoxy) is 1. The summed E-state index contributed by atoms with van der Waals surface area (Å²) in [6, 6.07) is 15.4. The molecule has 0 fully saturated rings. The Balaban J connectivity index is 1.66. The zero-order chi connectivity index (χ0) is 15.4. The summed E-state index contributed by atoms with van der Waals surface area (Å²) in [5, 5.41) is 7.75. The van der Waals surface area contributed by atoms with Crippen molar-refractivity contribution < 1.29 is 9.26 Å². The van der Waals surface area contributed by atoms with Crippen LogP contribution >= 0.6 is 11.6 Å². The largest absolute Gasteiger partial charge is 0.497 e. The summed E-state index contributed by atoms with van der Waals surface area (Å²) in [5.74, 6) is 1.31. The standard InChI is InChI=1S/C16H14ClN3O2/c1-21-14-8-4-12(5-9-14)15-19-16(22-20-15)18-10-11-2-6-13(17)7-3-11/h2-9H,10H2,1H3,(H,18,19,20). The van der Waals surface area contributed by atoms with Crippen LogP contribution < -0.4 is 10.1 Å². The fraction of sp³-hybridized carbons (Fsp3) is 0.125. The fourth-order valence-corrected chi connectivity index (χ4v) is 2.06. The summed E-state index contributed by atoms with van der Waals surface area (Å²) in [5.41, 5.74) is 1.94. The number of halogens is 1. The first-order valence-corrected chi connectivity index (χ1v) is 7.09. The van der Waals surface area contributed by atoms with Crippen molar-refractivity contribution in [2.75, 3.05) is 12.4 Å². The van der Waals surface area contributed by atoms with Gasteiger partial charge in [-0.1, -0.05) is 28.9 Å². The molecule has 3 rings (SSSR count). The van der Waals surface area contributed by atoms with Gasteiger partial charge in [-0.3, -0.25) is 0 Å². The van der Waals surface area contributed by atoms with Crippen LogP contribution in [0.4, 0.5) is 6.01 Å². The van der Waals surface area contributed by atoms with Crippen LogP contribution in [0.2, 0.25) is 5.02 Å². The number of aromatic nitrogens is 2. The summed E-state index contributed by atoms with van der Waals surface area (Å²) >= 11 is 5.85. The van der Waals surface area contributed by atoms with Crippen LogP contribution in [-0.4, -0.2) is 17.3 Å². The first-order chi connectivity index (χ1) is 10.7. The van der Waals surface area contributed by atoms with Crippen LogP contribution in [0.15, 0.2) is 53.1 Å². The first-order valence-electron chi connectivity index (χ1n) is 6.71. The highest BCUT2D eigenvalue weighted by Gasteiger charge is 2.08. The molecule has 5 nitrogen and oxygen atoms in total. The van der Waals surface area contributed by atoms with E-state index < -0.39 is 0 Å². The van der Waals surface area contributed by atoms with Crippen LogP contribution in [0.3, 0.4) is 0 Å². The van der Waals surface area contributed by atoms with Crippen molar-refractivity contribution in [3.8, 4) is 17.1 Å². The summed E-state index contributed by atoms with van der Waals surface area (Å²) in [7, 11) is 1.63. The molecule has 1 aromatic heterocycles. The number of methoxy groups -OCH3 is 1. The normalized spacial score (nSPS) is 10.5. The Kier molecular flexibility index (Phi) is 4.25. The Morgan fingerprint density at radius 2 is 1.82 bits per heavy atom. The molecule has 0 aliphatic heterocycles. The molecule has 3 aromatic rings. The molecule has 0 amide bonds. The third-order valence-corrected chi connectivity index (χ3v) is 3.38. The maximum absolute atomic E-state index is 5.85. The molecule has 0 spiro atoms. The predicted molar refractivity (Wildman–Crippen MR) is 85.1 cm³/mol. The van der Waals surface area contributed by atoms with Crippen LogP contribution in [-0.2, 0) is 6.54 Å². The lowest BCUT2D eigenvalue weighted by molar-refractivity contribution is 0.415. The lowest BCUT2D eigenvalue weighted by atomic mass is 10.2. The molecule has 0 radical (unpaired) electrons. The third kappa shape index (κ3) is 3.38. The molecular formula is C16H14ClN3O2. The van der Waals surface area contributed by atoms with Crippen molar-refractivity contribution >= 4 is 17.6 Å². The second-order valence-corrected chi connectivity index (χ2v) is 5.07. The molecule has 0 bridgehead atoms. The summed E-state index contributed by atoms with van der Waals surface area (Å²) in [4.78, 5) is 4.31. The van der Waals surface area contributed by atoms with Gasteiger partial charge in [-0.2, -0.15) is 4.98 Å². The molecule has 1 N–H and O–H groups in total. The molecule has 0 unspecified atom stereocenters. The van der Waals surface area contributed by atoms with Crippen LogP contribution in [0.5, 0.6) is 5.75 Å². The molecule has 112 valence electrons. The molecule has 0 saturated heterocycles. The van der Waals surface area contributed by atoms with Crippen LogP contribution in [0.25, 0.3) is 11.4 Å². The Hall–Kier alpha value is -2.53. The maximum Gasteiger partial charge on any atom is 0.322 e. The topological polar surface area (TPSA) is 60.2 Å². The minimum absolute atomic E-state index is 0.376. The second kappa shape index (κ2) is 6.49. The van der Waals surface area contributed by atoms with E-state index in [1.54, 1.807) is 7.11 Å². The van der Waals surface area contributed by atoms with E-state index in [0.717, 1.165) is 16.9 Å². The molecule has 0 aliphatic carbocycles. The van der Waals surface area contributed by atoms with Gasteiger partial charge in [0.25, 0.3) is 0 Å². The van der Waals surface area contributed by atoms with Gasteiger partial charge in [0, 0.05) is 17.1 Å². The van der Waals surface area contributed by atoms with E-state index in [1.165, 1.54) is 0 Å². The van der Waals surface area contributed by atoms with Gasteiger partial charge in [-0.05, 0) is 42.0 Å². The molecule has 0 atom stereocenters. The number of benzene rings is 2. The summed E-state index contributed by atoms with van der Waals surface area (Å²) < 4.78 is 10.3. The van der Waals surface area contributed by atoms with Gasteiger partial charge in [-0.15, -0.1) is 0 Å². The van der Waals surface area contributed by atoms with Crippen molar-refractivity contribution in [3.05, 3.63) is 59.1 Å². The monoisotopic (exact) mass is 315 g/mol. The first kappa shape index (κ1) is 14.4. The summed E-state index contributed by atoms with van der Waals surface area (Å²) in [6.07, 6.45) is 0. The van der Waals surface area contributed by atoms with Crippen molar-refractivity contribution in [1.82, 2.24) is 10.1 Å². The fourth-order valence-electron chi connectivity index (χ4n) is 1.93. The Labute approximate surface area is 132 Å². The lowest BCUT2D eigenvalue weighted by Crippen LogP contribution is -1.99. The summed E-state index contributed by atoms with van der Waals surface area (Å²) in [6.45, 7) is 0.585. The number of rotatable bonds is 5. The highest BCUT2D eigenvalue weighted by Crippen LogP contribution is 2.21. The molecule has 0 saturated carbocycles. The van der Waals surface area contributed by atoms with E-state index in [4.69, 9.17) is 20.9 Å². The van der Waals surface area contributed by atoms with Crippen molar-refractivity contribution in [2.45, 2.75) is 6.54 Å². The lowest BCUT2D eigenvalue weighted by Gasteiger charge is -2.01. The average Bonchev–Trinajstić information content (AvgIpc) is 3.03. The zero-order valence-electron chi connectivity index (χ0n) is 11.9. The molecule has 6 heteroatoms.